The Labute approximate surface area is 169 Å². The molecule has 0 fully saturated rings. The van der Waals surface area contributed by atoms with E-state index in [1.807, 2.05) is 33.1 Å². The monoisotopic (exact) mass is 405 g/mol. The number of nitrogens with one attached hydrogen (secondary N) is 1. The van der Waals surface area contributed by atoms with Gasteiger partial charge in [0.25, 0.3) is 0 Å². The van der Waals surface area contributed by atoms with Crippen LogP contribution in [0, 0.1) is 12.8 Å². The first-order valence-electron chi connectivity index (χ1n) is 9.17. The third-order valence-corrected chi connectivity index (χ3v) is 5.02. The van der Waals surface area contributed by atoms with E-state index in [-0.39, 0.29) is 29.5 Å². The van der Waals surface area contributed by atoms with Crippen LogP contribution in [0.3, 0.4) is 0 Å². The van der Waals surface area contributed by atoms with Gasteiger partial charge >= 0.3 is 5.97 Å². The van der Waals surface area contributed by atoms with Crippen molar-refractivity contribution in [2.45, 2.75) is 53.5 Å². The second-order valence-corrected chi connectivity index (χ2v) is 7.99. The van der Waals surface area contributed by atoms with Gasteiger partial charge in [0, 0.05) is 11.8 Å². The molecule has 28 heavy (non-hydrogen) atoms. The summed E-state index contributed by atoms with van der Waals surface area (Å²) in [5, 5.41) is 5.66. The summed E-state index contributed by atoms with van der Waals surface area (Å²) in [6.45, 7) is 9.75. The SMILES string of the molecule is COC(=O)c1nc(-c2csc([C@@H](NC(=O)CCC=C(C)C)C(C)C)n2)oc1C. The minimum atomic E-state index is -0.549. The van der Waals surface area contributed by atoms with Gasteiger partial charge in [0.15, 0.2) is 5.69 Å². The fraction of sp³-hybridized carbons (Fsp3) is 0.500. The Kier molecular flexibility index (Phi) is 7.51. The number of carbonyl (C=O) groups is 2. The first-order valence-corrected chi connectivity index (χ1v) is 10.0. The molecule has 7 nitrogen and oxygen atoms in total. The molecular weight excluding hydrogens is 378 g/mol. The van der Waals surface area contributed by atoms with Crippen molar-refractivity contribution in [1.29, 1.82) is 0 Å². The smallest absolute Gasteiger partial charge is 0.360 e. The van der Waals surface area contributed by atoms with Crippen LogP contribution in [0.1, 0.15) is 67.8 Å². The van der Waals surface area contributed by atoms with Crippen molar-refractivity contribution in [3.05, 3.63) is 33.5 Å². The van der Waals surface area contributed by atoms with E-state index in [9.17, 15) is 9.59 Å². The summed E-state index contributed by atoms with van der Waals surface area (Å²) in [5.74, 6) is 0.255. The van der Waals surface area contributed by atoms with Crippen LogP contribution in [0.5, 0.6) is 0 Å². The van der Waals surface area contributed by atoms with Gasteiger partial charge in [0.1, 0.15) is 16.5 Å². The standard InChI is InChI=1S/C20H27N3O4S/c1-11(2)8-7-9-15(24)22-16(12(3)4)19-21-14(10-28-19)18-23-17(13(5)27-18)20(25)26-6/h8,10,12,16H,7,9H2,1-6H3,(H,22,24)/t16-/m0/s1. The molecule has 1 amide bonds. The van der Waals surface area contributed by atoms with E-state index in [1.165, 1.54) is 24.0 Å². The normalized spacial score (nSPS) is 12.0. The highest BCUT2D eigenvalue weighted by Gasteiger charge is 2.24. The lowest BCUT2D eigenvalue weighted by Gasteiger charge is -2.20. The van der Waals surface area contributed by atoms with Gasteiger partial charge < -0.3 is 14.5 Å². The number of ether oxygens (including phenoxy) is 1. The van der Waals surface area contributed by atoms with Crippen molar-refractivity contribution in [1.82, 2.24) is 15.3 Å². The molecule has 8 heteroatoms. The Bertz CT molecular complexity index is 863. The predicted molar refractivity (Wildman–Crippen MR) is 108 cm³/mol. The molecule has 0 aliphatic heterocycles. The van der Waals surface area contributed by atoms with E-state index in [1.54, 1.807) is 6.92 Å². The summed E-state index contributed by atoms with van der Waals surface area (Å²) in [7, 11) is 1.30. The molecule has 1 N–H and O–H groups in total. The molecule has 152 valence electrons. The molecule has 2 rings (SSSR count). The average Bonchev–Trinajstić information content (AvgIpc) is 3.25. The maximum Gasteiger partial charge on any atom is 0.360 e. The quantitative estimate of drug-likeness (QED) is 0.515. The zero-order valence-corrected chi connectivity index (χ0v) is 18.0. The number of hydrogen-bond donors (Lipinski definition) is 1. The maximum absolute atomic E-state index is 12.3. The second kappa shape index (κ2) is 9.64. The second-order valence-electron chi connectivity index (χ2n) is 7.10. The van der Waals surface area contributed by atoms with E-state index in [4.69, 9.17) is 9.15 Å². The molecule has 0 bridgehead atoms. The largest absolute Gasteiger partial charge is 0.464 e. The van der Waals surface area contributed by atoms with Crippen molar-refractivity contribution in [2.24, 2.45) is 5.92 Å². The Hall–Kier alpha value is -2.48. The van der Waals surface area contributed by atoms with Crippen molar-refractivity contribution in [3.63, 3.8) is 0 Å². The molecule has 0 aliphatic rings. The third-order valence-electron chi connectivity index (χ3n) is 4.09. The lowest BCUT2D eigenvalue weighted by atomic mass is 10.0. The lowest BCUT2D eigenvalue weighted by molar-refractivity contribution is -0.122. The van der Waals surface area contributed by atoms with Gasteiger partial charge in [-0.2, -0.15) is 0 Å². The van der Waals surface area contributed by atoms with Gasteiger partial charge in [-0.3, -0.25) is 4.79 Å². The number of thiazole rings is 1. The summed E-state index contributed by atoms with van der Waals surface area (Å²) < 4.78 is 10.3. The van der Waals surface area contributed by atoms with E-state index < -0.39 is 5.97 Å². The minimum absolute atomic E-state index is 0.00658. The third kappa shape index (κ3) is 5.51. The molecule has 1 atom stereocenters. The van der Waals surface area contributed by atoms with Gasteiger partial charge in [-0.25, -0.2) is 14.8 Å². The Balaban J connectivity index is 2.16. The number of methoxy groups -OCH3 is 1. The highest BCUT2D eigenvalue weighted by molar-refractivity contribution is 7.10. The van der Waals surface area contributed by atoms with E-state index in [0.29, 0.717) is 24.3 Å². The van der Waals surface area contributed by atoms with Crippen molar-refractivity contribution in [2.75, 3.05) is 7.11 Å². The van der Waals surface area contributed by atoms with Crippen molar-refractivity contribution < 1.29 is 18.7 Å². The van der Waals surface area contributed by atoms with E-state index in [0.717, 1.165) is 5.01 Å². The van der Waals surface area contributed by atoms with Gasteiger partial charge in [0.05, 0.1) is 13.2 Å². The number of amides is 1. The van der Waals surface area contributed by atoms with Gasteiger partial charge in [-0.1, -0.05) is 25.5 Å². The molecule has 0 radical (unpaired) electrons. The first kappa shape index (κ1) is 21.8. The van der Waals surface area contributed by atoms with Crippen molar-refractivity contribution >= 4 is 23.2 Å². The molecular formula is C20H27N3O4S. The number of allylic oxidation sites excluding steroid dienone is 2. The Morgan fingerprint density at radius 1 is 1.32 bits per heavy atom. The van der Waals surface area contributed by atoms with Crippen LogP contribution < -0.4 is 5.32 Å². The molecule has 2 aromatic rings. The highest BCUT2D eigenvalue weighted by Crippen LogP contribution is 2.30. The first-order chi connectivity index (χ1) is 13.2. The Morgan fingerprint density at radius 2 is 2.04 bits per heavy atom. The van der Waals surface area contributed by atoms with Crippen LogP contribution in [0.15, 0.2) is 21.4 Å². The summed E-state index contributed by atoms with van der Waals surface area (Å²) in [6.07, 6.45) is 3.21. The molecule has 0 aromatic carbocycles. The summed E-state index contributed by atoms with van der Waals surface area (Å²) in [5.41, 5.74) is 1.87. The highest BCUT2D eigenvalue weighted by atomic mass is 32.1. The fourth-order valence-electron chi connectivity index (χ4n) is 2.57. The number of aryl methyl sites for hydroxylation is 1. The van der Waals surface area contributed by atoms with Crippen LogP contribution >= 0.6 is 11.3 Å². The van der Waals surface area contributed by atoms with Crippen molar-refractivity contribution in [3.8, 4) is 11.6 Å². The van der Waals surface area contributed by atoms with Gasteiger partial charge in [-0.05, 0) is 33.1 Å². The number of carbonyl (C=O) groups excluding carboxylic acids is 2. The number of nitrogens with zero attached hydrogens (tertiary/aromatic N) is 2. The van der Waals surface area contributed by atoms with Crippen LogP contribution in [-0.4, -0.2) is 29.0 Å². The van der Waals surface area contributed by atoms with E-state index in [2.05, 4.69) is 21.4 Å². The molecule has 0 saturated carbocycles. The molecule has 0 spiro atoms. The lowest BCUT2D eigenvalue weighted by Crippen LogP contribution is -2.31. The zero-order chi connectivity index (χ0) is 20.8. The number of aromatic nitrogens is 2. The summed E-state index contributed by atoms with van der Waals surface area (Å²) >= 11 is 1.43. The molecule has 0 aliphatic carbocycles. The molecule has 2 heterocycles. The zero-order valence-electron chi connectivity index (χ0n) is 17.2. The summed E-state index contributed by atoms with van der Waals surface area (Å²) in [4.78, 5) is 32.8. The summed E-state index contributed by atoms with van der Waals surface area (Å²) in [6, 6.07) is -0.200. The number of oxazole rings is 1. The Morgan fingerprint density at radius 3 is 2.64 bits per heavy atom. The molecule has 2 aromatic heterocycles. The molecule has 0 unspecified atom stereocenters. The molecule has 0 saturated heterocycles. The van der Waals surface area contributed by atoms with E-state index >= 15 is 0 Å². The predicted octanol–water partition coefficient (Wildman–Crippen LogP) is 4.45. The number of rotatable bonds is 8. The number of esters is 1. The van der Waals surface area contributed by atoms with Crippen LogP contribution in [-0.2, 0) is 9.53 Å². The fourth-order valence-corrected chi connectivity index (χ4v) is 3.59. The average molecular weight is 406 g/mol. The van der Waals surface area contributed by atoms with Gasteiger partial charge in [0.2, 0.25) is 11.8 Å². The number of hydrogen-bond acceptors (Lipinski definition) is 7. The van der Waals surface area contributed by atoms with Gasteiger partial charge in [-0.15, -0.1) is 11.3 Å². The minimum Gasteiger partial charge on any atom is -0.464 e. The van der Waals surface area contributed by atoms with Crippen LogP contribution in [0.4, 0.5) is 0 Å². The topological polar surface area (TPSA) is 94.3 Å². The van der Waals surface area contributed by atoms with Crippen LogP contribution in [0.25, 0.3) is 11.6 Å². The van der Waals surface area contributed by atoms with Crippen LogP contribution in [0.2, 0.25) is 0 Å². The maximum atomic E-state index is 12.3.